The molecule has 1 amide bonds. The first kappa shape index (κ1) is 14.9. The Bertz CT molecular complexity index is 500. The number of carbonyl (C=O) groups is 1. The molecule has 1 rings (SSSR count). The van der Waals surface area contributed by atoms with E-state index in [2.05, 4.69) is 4.99 Å². The molecule has 1 aromatic carbocycles. The molecular weight excluding hydrogens is 244 g/mol. The highest BCUT2D eigenvalue weighted by atomic mass is 16.4. The molecule has 0 aliphatic carbocycles. The molecule has 0 radical (unpaired) electrons. The summed E-state index contributed by atoms with van der Waals surface area (Å²) in [4.78, 5) is 26.3. The molecule has 0 bridgehead atoms. The Balaban J connectivity index is 2.77. The van der Waals surface area contributed by atoms with E-state index in [0.29, 0.717) is 18.7 Å². The number of nitrogens with zero attached hydrogens (tertiary/aromatic N) is 2. The minimum atomic E-state index is -0.936. The van der Waals surface area contributed by atoms with E-state index in [1.54, 1.807) is 18.2 Å². The fourth-order valence-corrected chi connectivity index (χ4v) is 1.79. The van der Waals surface area contributed by atoms with E-state index in [4.69, 9.17) is 0 Å². The zero-order valence-corrected chi connectivity index (χ0v) is 11.4. The Morgan fingerprint density at radius 3 is 2.63 bits per heavy atom. The van der Waals surface area contributed by atoms with Gasteiger partial charge >= 0.3 is 6.09 Å². The summed E-state index contributed by atoms with van der Waals surface area (Å²) in [7, 11) is 0. The van der Waals surface area contributed by atoms with Crippen LogP contribution in [0.5, 0.6) is 0 Å². The number of carboxylic acid groups (broad SMARTS) is 1. The molecule has 0 unspecified atom stereocenters. The first-order valence-corrected chi connectivity index (χ1v) is 6.02. The summed E-state index contributed by atoms with van der Waals surface area (Å²) < 4.78 is 0. The summed E-state index contributed by atoms with van der Waals surface area (Å²) in [6.45, 7) is 5.96. The van der Waals surface area contributed by atoms with Crippen LogP contribution < -0.4 is 0 Å². The first-order valence-electron chi connectivity index (χ1n) is 6.02. The normalized spacial score (nSPS) is 10.7. The van der Waals surface area contributed by atoms with Crippen molar-refractivity contribution in [2.45, 2.75) is 32.7 Å². The molecule has 1 aromatic rings. The molecule has 19 heavy (non-hydrogen) atoms. The van der Waals surface area contributed by atoms with Crippen LogP contribution in [0, 0.1) is 0 Å². The van der Waals surface area contributed by atoms with Crippen LogP contribution >= 0.6 is 0 Å². The first-order chi connectivity index (χ1) is 8.84. The Kier molecular flexibility index (Phi) is 4.84. The van der Waals surface area contributed by atoms with Crippen molar-refractivity contribution in [3.8, 4) is 0 Å². The van der Waals surface area contributed by atoms with Crippen molar-refractivity contribution in [2.75, 3.05) is 6.54 Å². The van der Waals surface area contributed by atoms with Crippen LogP contribution in [0.15, 0.2) is 29.3 Å². The Hall–Kier alpha value is -2.13. The fraction of sp³-hybridized carbons (Fsp3) is 0.429. The monoisotopic (exact) mass is 262 g/mol. The number of isocyanates is 1. The molecule has 0 spiro atoms. The lowest BCUT2D eigenvalue weighted by molar-refractivity contribution is 0.101. The largest absolute Gasteiger partial charge is 0.465 e. The molecule has 0 aromatic heterocycles. The minimum absolute atomic E-state index is 0.396. The van der Waals surface area contributed by atoms with Gasteiger partial charge < -0.3 is 10.0 Å². The maximum absolute atomic E-state index is 11.2. The standard InChI is InChI=1S/C14H18N2O3/c1-14(2,3)16(13(18)19)8-7-11-5-4-6-12(9-11)15-10-17/h4-6,9H,7-8H2,1-3H3,(H,18,19). The predicted octanol–water partition coefficient (Wildman–Crippen LogP) is 2.97. The van der Waals surface area contributed by atoms with Gasteiger partial charge in [0, 0.05) is 12.1 Å². The van der Waals surface area contributed by atoms with Gasteiger partial charge in [-0.15, -0.1) is 0 Å². The number of amides is 1. The van der Waals surface area contributed by atoms with Gasteiger partial charge in [0.25, 0.3) is 0 Å². The molecule has 0 saturated carbocycles. The average molecular weight is 262 g/mol. The summed E-state index contributed by atoms with van der Waals surface area (Å²) in [5, 5.41) is 9.18. The van der Waals surface area contributed by atoms with Gasteiger partial charge in [0.2, 0.25) is 6.08 Å². The third-order valence-electron chi connectivity index (χ3n) is 2.75. The van der Waals surface area contributed by atoms with E-state index in [1.807, 2.05) is 26.8 Å². The molecule has 5 nitrogen and oxygen atoms in total. The topological polar surface area (TPSA) is 70.0 Å². The highest BCUT2D eigenvalue weighted by molar-refractivity contribution is 5.66. The summed E-state index contributed by atoms with van der Waals surface area (Å²) in [6, 6.07) is 7.13. The maximum Gasteiger partial charge on any atom is 0.407 e. The molecular formula is C14H18N2O3. The number of aliphatic imine (C=N–C) groups is 1. The van der Waals surface area contributed by atoms with Gasteiger partial charge in [-0.2, -0.15) is 4.99 Å². The second-order valence-corrected chi connectivity index (χ2v) is 5.23. The van der Waals surface area contributed by atoms with E-state index in [0.717, 1.165) is 5.56 Å². The van der Waals surface area contributed by atoms with Gasteiger partial charge in [-0.25, -0.2) is 9.59 Å². The van der Waals surface area contributed by atoms with Gasteiger partial charge in [-0.3, -0.25) is 0 Å². The quantitative estimate of drug-likeness (QED) is 0.670. The van der Waals surface area contributed by atoms with Crippen LogP contribution in [0.3, 0.4) is 0 Å². The Labute approximate surface area is 112 Å². The lowest BCUT2D eigenvalue weighted by atomic mass is 10.0. The van der Waals surface area contributed by atoms with Gasteiger partial charge in [-0.1, -0.05) is 12.1 Å². The lowest BCUT2D eigenvalue weighted by Gasteiger charge is -2.33. The van der Waals surface area contributed by atoms with E-state index >= 15 is 0 Å². The van der Waals surface area contributed by atoms with E-state index < -0.39 is 11.6 Å². The Morgan fingerprint density at radius 2 is 2.11 bits per heavy atom. The fourth-order valence-electron chi connectivity index (χ4n) is 1.79. The van der Waals surface area contributed by atoms with Crippen LogP contribution in [0.4, 0.5) is 10.5 Å². The summed E-state index contributed by atoms with van der Waals surface area (Å²) in [6.07, 6.45) is 1.13. The zero-order chi connectivity index (χ0) is 14.5. The van der Waals surface area contributed by atoms with E-state index in [1.165, 1.54) is 11.0 Å². The summed E-state index contributed by atoms with van der Waals surface area (Å²) in [5.74, 6) is 0. The van der Waals surface area contributed by atoms with Crippen LogP contribution in [0.25, 0.3) is 0 Å². The second-order valence-electron chi connectivity index (χ2n) is 5.23. The van der Waals surface area contributed by atoms with Crippen molar-refractivity contribution >= 4 is 17.9 Å². The van der Waals surface area contributed by atoms with Crippen LogP contribution in [0.1, 0.15) is 26.3 Å². The lowest BCUT2D eigenvalue weighted by Crippen LogP contribution is -2.45. The van der Waals surface area contributed by atoms with Crippen molar-refractivity contribution in [3.63, 3.8) is 0 Å². The molecule has 5 heteroatoms. The van der Waals surface area contributed by atoms with Crippen LogP contribution in [-0.4, -0.2) is 34.3 Å². The molecule has 0 saturated heterocycles. The van der Waals surface area contributed by atoms with Gasteiger partial charge in [0.15, 0.2) is 0 Å². The van der Waals surface area contributed by atoms with Gasteiger partial charge in [-0.05, 0) is 44.9 Å². The van der Waals surface area contributed by atoms with Gasteiger partial charge in [0.05, 0.1) is 5.69 Å². The smallest absolute Gasteiger partial charge is 0.407 e. The molecule has 0 atom stereocenters. The molecule has 1 N–H and O–H groups in total. The van der Waals surface area contributed by atoms with Crippen molar-refractivity contribution in [3.05, 3.63) is 29.8 Å². The molecule has 0 aliphatic rings. The minimum Gasteiger partial charge on any atom is -0.465 e. The third-order valence-corrected chi connectivity index (χ3v) is 2.75. The number of rotatable bonds is 4. The highest BCUT2D eigenvalue weighted by Crippen LogP contribution is 2.17. The average Bonchev–Trinajstić information content (AvgIpc) is 2.27. The number of benzene rings is 1. The molecule has 0 heterocycles. The Morgan fingerprint density at radius 1 is 1.42 bits per heavy atom. The zero-order valence-electron chi connectivity index (χ0n) is 11.4. The maximum atomic E-state index is 11.2. The number of carbonyl (C=O) groups excluding carboxylic acids is 1. The van der Waals surface area contributed by atoms with E-state index in [9.17, 15) is 14.7 Å². The number of hydrogen-bond donors (Lipinski definition) is 1. The highest BCUT2D eigenvalue weighted by Gasteiger charge is 2.25. The van der Waals surface area contributed by atoms with E-state index in [-0.39, 0.29) is 0 Å². The molecule has 0 fully saturated rings. The molecule has 0 aliphatic heterocycles. The van der Waals surface area contributed by atoms with Crippen molar-refractivity contribution in [2.24, 2.45) is 4.99 Å². The summed E-state index contributed by atoms with van der Waals surface area (Å²) in [5.41, 5.74) is 1.03. The number of hydrogen-bond acceptors (Lipinski definition) is 3. The van der Waals surface area contributed by atoms with Crippen molar-refractivity contribution in [1.29, 1.82) is 0 Å². The molecule has 102 valence electrons. The van der Waals surface area contributed by atoms with Crippen LogP contribution in [0.2, 0.25) is 0 Å². The SMILES string of the molecule is CC(C)(C)N(CCc1cccc(N=C=O)c1)C(=O)O. The van der Waals surface area contributed by atoms with Crippen molar-refractivity contribution < 1.29 is 14.7 Å². The third kappa shape index (κ3) is 4.56. The predicted molar refractivity (Wildman–Crippen MR) is 72.4 cm³/mol. The summed E-state index contributed by atoms with van der Waals surface area (Å²) >= 11 is 0. The van der Waals surface area contributed by atoms with Crippen molar-refractivity contribution in [1.82, 2.24) is 4.90 Å². The second kappa shape index (κ2) is 6.16. The van der Waals surface area contributed by atoms with Gasteiger partial charge in [0.1, 0.15) is 0 Å². The van der Waals surface area contributed by atoms with Crippen LogP contribution in [-0.2, 0) is 11.2 Å².